The summed E-state index contributed by atoms with van der Waals surface area (Å²) in [7, 11) is 0. The van der Waals surface area contributed by atoms with Crippen molar-refractivity contribution in [2.45, 2.75) is 88.4 Å². The lowest BCUT2D eigenvalue weighted by Crippen LogP contribution is -2.53. The van der Waals surface area contributed by atoms with E-state index in [1.54, 1.807) is 0 Å². The molecule has 1 fully saturated rings. The maximum atomic E-state index is 14.2. The lowest BCUT2D eigenvalue weighted by atomic mass is 9.86. The summed E-state index contributed by atoms with van der Waals surface area (Å²) in [6.07, 6.45) is -15.6. The fourth-order valence-corrected chi connectivity index (χ4v) is 4.52. The summed E-state index contributed by atoms with van der Waals surface area (Å²) in [4.78, 5) is 30.3. The van der Waals surface area contributed by atoms with E-state index < -0.39 is 114 Å². The fraction of sp³-hybridized carbons (Fsp3) is 0.625. The highest BCUT2D eigenvalue weighted by molar-refractivity contribution is 5.97. The molecule has 0 aromatic carbocycles. The van der Waals surface area contributed by atoms with Gasteiger partial charge >= 0.3 is 18.4 Å². The third kappa shape index (κ3) is 6.27. The molecule has 1 unspecified atom stereocenters. The van der Waals surface area contributed by atoms with Crippen molar-refractivity contribution in [3.63, 3.8) is 0 Å². The van der Waals surface area contributed by atoms with Gasteiger partial charge in [-0.2, -0.15) is 26.3 Å². The van der Waals surface area contributed by atoms with E-state index in [4.69, 9.17) is 9.15 Å². The Balaban J connectivity index is 1.94. The molecule has 3 heterocycles. The number of nitrogens with one attached hydrogen (secondary N) is 1. The highest BCUT2D eigenvalue weighted by Gasteiger charge is 2.59. The van der Waals surface area contributed by atoms with E-state index in [1.807, 2.05) is 5.32 Å². The molecule has 18 heteroatoms. The second-order valence-corrected chi connectivity index (χ2v) is 11.0. The quantitative estimate of drug-likeness (QED) is 0.414. The zero-order valence-electron chi connectivity index (χ0n) is 22.3. The Morgan fingerprint density at radius 1 is 1.10 bits per heavy atom. The summed E-state index contributed by atoms with van der Waals surface area (Å²) < 4.78 is 122. The Morgan fingerprint density at radius 3 is 2.29 bits per heavy atom. The van der Waals surface area contributed by atoms with Crippen LogP contribution in [0.5, 0.6) is 0 Å². The Kier molecular flexibility index (Phi) is 7.70. The first-order valence-electron chi connectivity index (χ1n) is 12.6. The van der Waals surface area contributed by atoms with Crippen LogP contribution in [0.2, 0.25) is 0 Å². The third-order valence-corrected chi connectivity index (χ3v) is 6.57. The van der Waals surface area contributed by atoms with E-state index in [0.29, 0.717) is 4.90 Å². The molecule has 4 bridgehead atoms. The van der Waals surface area contributed by atoms with Gasteiger partial charge in [0.2, 0.25) is 5.60 Å². The summed E-state index contributed by atoms with van der Waals surface area (Å²) in [6, 6.07) is -0.966. The number of fused-ring (bicyclic) bond motifs is 5. The van der Waals surface area contributed by atoms with Crippen LogP contribution in [0.1, 0.15) is 74.8 Å². The number of aromatic nitrogens is 3. The van der Waals surface area contributed by atoms with Gasteiger partial charge in [-0.05, 0) is 46.1 Å². The van der Waals surface area contributed by atoms with Crippen LogP contribution in [0.3, 0.4) is 0 Å². The second kappa shape index (κ2) is 10.3. The maximum Gasteiger partial charge on any atom is 0.426 e. The Hall–Kier alpha value is -3.57. The molecule has 2 amide bonds. The van der Waals surface area contributed by atoms with Crippen LogP contribution >= 0.6 is 0 Å². The predicted molar refractivity (Wildman–Crippen MR) is 125 cm³/mol. The molecule has 10 nitrogen and oxygen atoms in total. The van der Waals surface area contributed by atoms with Crippen molar-refractivity contribution in [3.05, 3.63) is 23.2 Å². The molecule has 1 saturated carbocycles. The molecule has 1 aliphatic carbocycles. The molecule has 2 aromatic rings. The summed E-state index contributed by atoms with van der Waals surface area (Å²) in [5.41, 5.74) is -9.53. The monoisotopic (exact) mass is 615 g/mol. The van der Waals surface area contributed by atoms with Crippen LogP contribution in [-0.2, 0) is 16.5 Å². The smallest absolute Gasteiger partial charge is 0.426 e. The average molecular weight is 615 g/mol. The van der Waals surface area contributed by atoms with Crippen molar-refractivity contribution in [2.75, 3.05) is 11.9 Å². The molecular weight excluding hydrogens is 590 g/mol. The number of amides is 2. The Bertz CT molecular complexity index is 1360. The molecule has 4 rings (SSSR count). The number of carbonyl (C=O) groups excluding carboxylic acids is 2. The molecule has 2 aliphatic rings. The normalized spacial score (nSPS) is 22.0. The lowest BCUT2D eigenvalue weighted by molar-refractivity contribution is -0.277. The topological polar surface area (TPSA) is 131 Å². The number of nitrogens with zero attached hydrogens (tertiary/aromatic N) is 4. The molecule has 1 aliphatic heterocycles. The van der Waals surface area contributed by atoms with E-state index >= 15 is 0 Å². The van der Waals surface area contributed by atoms with Gasteiger partial charge < -0.3 is 19.2 Å². The van der Waals surface area contributed by atoms with Gasteiger partial charge in [0.25, 0.3) is 23.6 Å². The number of alkyl halides is 8. The number of hydrogen-bond acceptors (Lipinski definition) is 8. The number of anilines is 1. The molecule has 0 spiro atoms. The highest BCUT2D eigenvalue weighted by Crippen LogP contribution is 2.45. The number of rotatable bonds is 2. The van der Waals surface area contributed by atoms with Crippen molar-refractivity contribution < 1.29 is 59.0 Å². The van der Waals surface area contributed by atoms with E-state index in [0.717, 1.165) is 0 Å². The first-order chi connectivity index (χ1) is 19.1. The molecule has 1 atom stereocenters. The Labute approximate surface area is 232 Å². The average Bonchev–Trinajstić information content (AvgIpc) is 3.29. The van der Waals surface area contributed by atoms with Crippen molar-refractivity contribution >= 4 is 17.7 Å². The van der Waals surface area contributed by atoms with E-state index in [2.05, 4.69) is 15.2 Å². The first-order valence-corrected chi connectivity index (χ1v) is 12.6. The van der Waals surface area contributed by atoms with Crippen LogP contribution in [0.4, 0.5) is 45.6 Å². The SMILES string of the molecule is CC(C)(C)OC(=O)Nc1cc(C(F)(F)F)c2nc1-c1nnc(o1)C(O)(C(F)(F)F)CCCCN(C1CC(F)(F)C1)C2=O. The fourth-order valence-electron chi connectivity index (χ4n) is 4.52. The molecular formula is C24H25F8N5O5. The van der Waals surface area contributed by atoms with Crippen molar-refractivity contribution in [3.8, 4) is 11.6 Å². The summed E-state index contributed by atoms with van der Waals surface area (Å²) in [5.74, 6) is -6.98. The van der Waals surface area contributed by atoms with Crippen molar-refractivity contribution in [2.24, 2.45) is 0 Å². The minimum absolute atomic E-state index is 0.270. The largest absolute Gasteiger partial charge is 0.444 e. The lowest BCUT2D eigenvalue weighted by Gasteiger charge is -2.42. The van der Waals surface area contributed by atoms with Gasteiger partial charge in [0.05, 0.1) is 11.3 Å². The van der Waals surface area contributed by atoms with Crippen LogP contribution in [0.15, 0.2) is 10.5 Å². The van der Waals surface area contributed by atoms with Gasteiger partial charge in [0.15, 0.2) is 5.69 Å². The molecule has 232 valence electrons. The number of pyridine rings is 1. The number of aliphatic hydroxyl groups is 1. The van der Waals surface area contributed by atoms with Crippen LogP contribution < -0.4 is 5.32 Å². The number of halogens is 8. The maximum absolute atomic E-state index is 14.2. The van der Waals surface area contributed by atoms with Crippen molar-refractivity contribution in [1.29, 1.82) is 0 Å². The van der Waals surface area contributed by atoms with Crippen LogP contribution in [0.25, 0.3) is 11.6 Å². The van der Waals surface area contributed by atoms with Crippen molar-refractivity contribution in [1.82, 2.24) is 20.1 Å². The van der Waals surface area contributed by atoms with Gasteiger partial charge in [0.1, 0.15) is 11.3 Å². The summed E-state index contributed by atoms with van der Waals surface area (Å²) in [6.45, 7) is 3.80. The standard InChI is InChI=1S/C24H25F8N5O5/c1-20(2,3)42-19(39)33-13-8-12(23(27,28)29)14-17(38)37(11-9-21(25,26)10-11)7-5-4-6-22(40,24(30,31)32)18-36-35-16(41-18)15(13)34-14/h8,11,40H,4-7,9-10H2,1-3H3,(H,33,39). The van der Waals surface area contributed by atoms with Crippen LogP contribution in [0, 0.1) is 0 Å². The zero-order valence-corrected chi connectivity index (χ0v) is 22.3. The zero-order chi connectivity index (χ0) is 31.5. The van der Waals surface area contributed by atoms with Gasteiger partial charge in [-0.25, -0.2) is 18.6 Å². The third-order valence-electron chi connectivity index (χ3n) is 6.57. The highest BCUT2D eigenvalue weighted by atomic mass is 19.4. The second-order valence-electron chi connectivity index (χ2n) is 11.0. The predicted octanol–water partition coefficient (Wildman–Crippen LogP) is 5.67. The molecule has 42 heavy (non-hydrogen) atoms. The molecule has 0 saturated heterocycles. The van der Waals surface area contributed by atoms with Gasteiger partial charge in [-0.1, -0.05) is 0 Å². The first kappa shape index (κ1) is 31.4. The van der Waals surface area contributed by atoms with E-state index in [1.165, 1.54) is 20.8 Å². The summed E-state index contributed by atoms with van der Waals surface area (Å²) in [5, 5.41) is 19.2. The van der Waals surface area contributed by atoms with Gasteiger partial charge in [0, 0.05) is 25.4 Å². The summed E-state index contributed by atoms with van der Waals surface area (Å²) >= 11 is 0. The van der Waals surface area contributed by atoms with E-state index in [9.17, 15) is 49.8 Å². The van der Waals surface area contributed by atoms with Gasteiger partial charge in [-0.3, -0.25) is 10.1 Å². The molecule has 0 radical (unpaired) electrons. The van der Waals surface area contributed by atoms with E-state index in [-0.39, 0.29) is 12.5 Å². The Morgan fingerprint density at radius 2 is 1.74 bits per heavy atom. The molecule has 2 N–H and O–H groups in total. The number of ether oxygens (including phenoxy) is 1. The molecule has 2 aromatic heterocycles. The number of carbonyl (C=O) groups is 2. The minimum atomic E-state index is -5.36. The number of hydrogen-bond donors (Lipinski definition) is 2. The minimum Gasteiger partial charge on any atom is -0.444 e. The van der Waals surface area contributed by atoms with Gasteiger partial charge in [-0.15, -0.1) is 10.2 Å². The van der Waals surface area contributed by atoms with Crippen LogP contribution in [-0.4, -0.2) is 67.5 Å².